The SMILES string of the molecule is C.C.N#CC1(F)C(=O)C(F)(C#N)C(F)(C#N)C(=O)C1(F)C#N. The summed E-state index contributed by atoms with van der Waals surface area (Å²) in [6, 6.07) is 1.01. The van der Waals surface area contributed by atoms with E-state index in [1.165, 1.54) is 0 Å². The molecule has 0 heterocycles. The minimum atomic E-state index is -4.75. The van der Waals surface area contributed by atoms with Crippen molar-refractivity contribution in [2.24, 2.45) is 0 Å². The largest absolute Gasteiger partial charge is 0.312 e. The lowest BCUT2D eigenvalue weighted by molar-refractivity contribution is -0.174. The second kappa shape index (κ2) is 5.42. The van der Waals surface area contributed by atoms with Gasteiger partial charge >= 0.3 is 22.7 Å². The van der Waals surface area contributed by atoms with Crippen molar-refractivity contribution in [2.45, 2.75) is 37.5 Å². The minimum absolute atomic E-state index is 0. The number of Topliss-reactive ketones (excluding diaryl/α,β-unsaturated/α-hetero) is 2. The predicted molar refractivity (Wildman–Crippen MR) is 61.3 cm³/mol. The summed E-state index contributed by atoms with van der Waals surface area (Å²) in [4.78, 5) is 22.8. The number of nitriles is 4. The molecule has 116 valence electrons. The van der Waals surface area contributed by atoms with Crippen molar-refractivity contribution >= 4 is 11.6 Å². The zero-order chi connectivity index (χ0) is 16.0. The molecule has 1 fully saturated rings. The van der Waals surface area contributed by atoms with Gasteiger partial charge in [0.25, 0.3) is 0 Å². The van der Waals surface area contributed by atoms with Crippen molar-refractivity contribution in [2.75, 3.05) is 0 Å². The van der Waals surface area contributed by atoms with E-state index >= 15 is 0 Å². The highest BCUT2D eigenvalue weighted by molar-refractivity contribution is 6.20. The molecular formula is C12H8F4N4O2. The third-order valence-corrected chi connectivity index (χ3v) is 2.82. The Balaban J connectivity index is 0. The molecule has 1 aliphatic rings. The zero-order valence-electron chi connectivity index (χ0n) is 9.12. The molecule has 0 amide bonds. The number of rotatable bonds is 0. The average molecular weight is 316 g/mol. The first-order chi connectivity index (χ1) is 9.05. The maximum atomic E-state index is 14.0. The summed E-state index contributed by atoms with van der Waals surface area (Å²) in [6.07, 6.45) is 0. The Morgan fingerprint density at radius 3 is 0.818 bits per heavy atom. The number of hydrogen-bond acceptors (Lipinski definition) is 6. The van der Waals surface area contributed by atoms with Crippen molar-refractivity contribution in [1.29, 1.82) is 21.0 Å². The second-order valence-corrected chi connectivity index (χ2v) is 3.74. The van der Waals surface area contributed by atoms with Crippen molar-refractivity contribution in [1.82, 2.24) is 0 Å². The summed E-state index contributed by atoms with van der Waals surface area (Å²) in [6.45, 7) is 0. The Kier molecular flexibility index (Phi) is 5.26. The number of ketones is 2. The summed E-state index contributed by atoms with van der Waals surface area (Å²) in [7, 11) is 0. The maximum Gasteiger partial charge on any atom is 0.312 e. The smallest absolute Gasteiger partial charge is 0.289 e. The Bertz CT molecular complexity index is 584. The van der Waals surface area contributed by atoms with Gasteiger partial charge in [0, 0.05) is 0 Å². The molecule has 22 heavy (non-hydrogen) atoms. The summed E-state index contributed by atoms with van der Waals surface area (Å²) in [5, 5.41) is 33.6. The number of nitrogens with zero attached hydrogens (tertiary/aromatic N) is 4. The molecule has 1 saturated carbocycles. The van der Waals surface area contributed by atoms with Crippen LogP contribution in [0.3, 0.4) is 0 Å². The quantitative estimate of drug-likeness (QED) is 0.620. The lowest BCUT2D eigenvalue weighted by Gasteiger charge is -2.40. The van der Waals surface area contributed by atoms with Gasteiger partial charge in [-0.1, -0.05) is 14.9 Å². The standard InChI is InChI=1S/C10F4N4O2.2CH4/c11-7(1-15)5(19)9(13,3-17)10(14,4-18)6(20)8(7,12)2-16;;/h;2*1H4. The molecular weight excluding hydrogens is 308 g/mol. The van der Waals surface area contributed by atoms with E-state index in [1.807, 2.05) is 0 Å². The van der Waals surface area contributed by atoms with Crippen LogP contribution < -0.4 is 0 Å². The van der Waals surface area contributed by atoms with Gasteiger partial charge < -0.3 is 0 Å². The van der Waals surface area contributed by atoms with Crippen LogP contribution >= 0.6 is 0 Å². The van der Waals surface area contributed by atoms with E-state index in [4.69, 9.17) is 21.0 Å². The Hall–Kier alpha value is -2.98. The van der Waals surface area contributed by atoms with E-state index in [1.54, 1.807) is 0 Å². The molecule has 0 N–H and O–H groups in total. The number of hydrogen-bond donors (Lipinski definition) is 0. The van der Waals surface area contributed by atoms with Crippen LogP contribution in [-0.4, -0.2) is 34.2 Å². The Morgan fingerprint density at radius 2 is 0.727 bits per heavy atom. The first-order valence-corrected chi connectivity index (χ1v) is 4.56. The second-order valence-electron chi connectivity index (χ2n) is 3.74. The van der Waals surface area contributed by atoms with E-state index in [2.05, 4.69) is 0 Å². The fourth-order valence-corrected chi connectivity index (χ4v) is 1.61. The van der Waals surface area contributed by atoms with E-state index in [0.29, 0.717) is 0 Å². The zero-order valence-corrected chi connectivity index (χ0v) is 9.12. The lowest BCUT2D eigenvalue weighted by Crippen LogP contribution is -2.77. The molecule has 0 aromatic rings. The molecule has 0 radical (unpaired) electrons. The topological polar surface area (TPSA) is 129 Å². The Labute approximate surface area is 122 Å². The molecule has 4 atom stereocenters. The van der Waals surface area contributed by atoms with Crippen molar-refractivity contribution in [3.05, 3.63) is 0 Å². The first-order valence-electron chi connectivity index (χ1n) is 4.56. The summed E-state index contributed by atoms with van der Waals surface area (Å²) in [5.74, 6) is -5.91. The number of alkyl halides is 4. The van der Waals surface area contributed by atoms with Gasteiger partial charge in [0.15, 0.2) is 0 Å². The number of carbonyl (C=O) groups is 2. The van der Waals surface area contributed by atoms with Crippen LogP contribution in [0.15, 0.2) is 0 Å². The van der Waals surface area contributed by atoms with Crippen LogP contribution in [0, 0.1) is 45.3 Å². The van der Waals surface area contributed by atoms with Gasteiger partial charge in [0.1, 0.15) is 24.3 Å². The van der Waals surface area contributed by atoms with E-state index in [9.17, 15) is 27.2 Å². The van der Waals surface area contributed by atoms with E-state index < -0.39 is 34.2 Å². The monoisotopic (exact) mass is 316 g/mol. The molecule has 0 spiro atoms. The first kappa shape index (κ1) is 21.3. The molecule has 0 bridgehead atoms. The average Bonchev–Trinajstić information content (AvgIpc) is 2.48. The number of carbonyl (C=O) groups excluding carboxylic acids is 2. The molecule has 0 aromatic carbocycles. The lowest BCUT2D eigenvalue weighted by atomic mass is 9.61. The minimum Gasteiger partial charge on any atom is -0.289 e. The van der Waals surface area contributed by atoms with Crippen LogP contribution in [0.1, 0.15) is 14.9 Å². The summed E-state index contributed by atoms with van der Waals surface area (Å²) in [5.41, 5.74) is -19.0. The summed E-state index contributed by atoms with van der Waals surface area (Å²) < 4.78 is 55.8. The highest BCUT2D eigenvalue weighted by Gasteiger charge is 2.85. The molecule has 4 unspecified atom stereocenters. The third-order valence-electron chi connectivity index (χ3n) is 2.82. The van der Waals surface area contributed by atoms with Crippen molar-refractivity contribution < 1.29 is 27.2 Å². The van der Waals surface area contributed by atoms with Gasteiger partial charge in [-0.15, -0.1) is 0 Å². The fraction of sp³-hybridized carbons (Fsp3) is 0.500. The van der Waals surface area contributed by atoms with Gasteiger partial charge in [0.05, 0.1) is 0 Å². The number of halogens is 4. The van der Waals surface area contributed by atoms with E-state index in [-0.39, 0.29) is 39.1 Å². The van der Waals surface area contributed by atoms with Gasteiger partial charge in [-0.2, -0.15) is 21.0 Å². The van der Waals surface area contributed by atoms with Crippen LogP contribution in [0.4, 0.5) is 17.6 Å². The van der Waals surface area contributed by atoms with Crippen LogP contribution in [-0.2, 0) is 9.59 Å². The van der Waals surface area contributed by atoms with Crippen LogP contribution in [0.2, 0.25) is 0 Å². The van der Waals surface area contributed by atoms with E-state index in [0.717, 1.165) is 0 Å². The van der Waals surface area contributed by atoms with Crippen LogP contribution in [0.5, 0.6) is 0 Å². The van der Waals surface area contributed by atoms with Gasteiger partial charge in [-0.25, -0.2) is 17.6 Å². The fourth-order valence-electron chi connectivity index (χ4n) is 1.61. The summed E-state index contributed by atoms with van der Waals surface area (Å²) >= 11 is 0. The van der Waals surface area contributed by atoms with Gasteiger partial charge in [0.2, 0.25) is 11.6 Å². The highest BCUT2D eigenvalue weighted by Crippen LogP contribution is 2.49. The van der Waals surface area contributed by atoms with Crippen molar-refractivity contribution in [3.8, 4) is 24.3 Å². The molecule has 0 saturated heterocycles. The van der Waals surface area contributed by atoms with Crippen LogP contribution in [0.25, 0.3) is 0 Å². The molecule has 6 nitrogen and oxygen atoms in total. The molecule has 10 heteroatoms. The highest BCUT2D eigenvalue weighted by atomic mass is 19.2. The molecule has 0 aromatic heterocycles. The van der Waals surface area contributed by atoms with Gasteiger partial charge in [-0.05, 0) is 0 Å². The Morgan fingerprint density at radius 1 is 0.591 bits per heavy atom. The molecule has 1 rings (SSSR count). The predicted octanol–water partition coefficient (Wildman–Crippen LogP) is 1.34. The van der Waals surface area contributed by atoms with Gasteiger partial charge in [-0.3, -0.25) is 9.59 Å². The maximum absolute atomic E-state index is 14.0. The van der Waals surface area contributed by atoms with Crippen molar-refractivity contribution in [3.63, 3.8) is 0 Å². The third kappa shape index (κ3) is 1.68. The molecule has 1 aliphatic carbocycles. The normalized spacial score (nSPS) is 39.8. The molecule has 0 aliphatic heterocycles.